The Bertz CT molecular complexity index is 2130. The van der Waals surface area contributed by atoms with Gasteiger partial charge in [0.1, 0.15) is 0 Å². The van der Waals surface area contributed by atoms with E-state index in [0.29, 0.717) is 0 Å². The zero-order valence-electron chi connectivity index (χ0n) is 33.8. The molecule has 0 aliphatic heterocycles. The molecule has 0 N–H and O–H groups in total. The smallest absolute Gasteiger partial charge is 0.195 e. The zero-order chi connectivity index (χ0) is 66.6. The van der Waals surface area contributed by atoms with Crippen LogP contribution in [0.2, 0.25) is 0 Å². The highest BCUT2D eigenvalue weighted by Crippen LogP contribution is 2.69. The highest BCUT2D eigenvalue weighted by molar-refractivity contribution is 5.49. The Labute approximate surface area is 396 Å². The molecule has 80 heavy (non-hydrogen) atoms. The quantitative estimate of drug-likeness (QED) is 0.0794. The summed E-state index contributed by atoms with van der Waals surface area (Å²) in [5.41, 5.74) is -15.8. The molecule has 0 fully saturated rings. The first-order chi connectivity index (χ1) is 33.4. The minimum absolute atomic E-state index is 5.46. The molecule has 0 nitrogen and oxygen atoms in total. The van der Waals surface area contributed by atoms with Gasteiger partial charge in [0.2, 0.25) is 0 Å². The third kappa shape index (κ3) is 9.62. The number of alkyl halides is 52. The lowest BCUT2D eigenvalue weighted by atomic mass is 9.79. The summed E-state index contributed by atoms with van der Waals surface area (Å²) in [6, 6.07) is 0. The molecule has 0 aliphatic carbocycles. The van der Waals surface area contributed by atoms with E-state index in [9.17, 15) is 211 Å². The third-order valence-electron chi connectivity index (χ3n) is 9.40. The van der Waals surface area contributed by atoms with Crippen LogP contribution in [0.3, 0.4) is 0 Å². The van der Waals surface area contributed by atoms with E-state index in [1.54, 1.807) is 0 Å². The molecule has 0 atom stereocenters. The van der Waals surface area contributed by atoms with E-state index >= 15 is 17.6 Å². The predicted octanol–water partition coefficient (Wildman–Crippen LogP) is 17.8. The van der Waals surface area contributed by atoms with Crippen molar-refractivity contribution >= 4 is 0 Å². The van der Waals surface area contributed by atoms with E-state index in [-0.39, 0.29) is 0 Å². The molecule has 0 unspecified atom stereocenters. The van der Waals surface area contributed by atoms with Gasteiger partial charge in [-0.05, 0) is 0 Å². The van der Waals surface area contributed by atoms with Crippen molar-refractivity contribution in [2.45, 2.75) is 143 Å². The fourth-order valence-electron chi connectivity index (χ4n) is 4.66. The van der Waals surface area contributed by atoms with Crippen LogP contribution in [0.15, 0.2) is 23.3 Å². The number of hydrogen-bond donors (Lipinski definition) is 0. The van der Waals surface area contributed by atoms with Crippen molar-refractivity contribution in [3.8, 4) is 0 Å². The summed E-state index contributed by atoms with van der Waals surface area (Å²) in [6.07, 6.45) is -46.7. The molecule has 0 rings (SSSR count). The largest absolute Gasteiger partial charge is 0.460 e. The molecule has 0 spiro atoms. The second-order valence-electron chi connectivity index (χ2n) is 14.7. The molecule has 52 heteroatoms. The molecule has 0 saturated heterocycles. The predicted molar refractivity (Wildman–Crippen MR) is 139 cm³/mol. The van der Waals surface area contributed by atoms with Gasteiger partial charge in [-0.25, -0.2) is 0 Å². The average Bonchev–Trinajstić information content (AvgIpc) is 3.18. The van der Waals surface area contributed by atoms with Crippen molar-refractivity contribution in [2.24, 2.45) is 0 Å². The molecule has 0 aromatic rings. The van der Waals surface area contributed by atoms with Crippen LogP contribution in [-0.4, -0.2) is 143 Å². The Kier molecular flexibility index (Phi) is 17.7. The molecule has 0 aromatic heterocycles. The fourth-order valence-corrected chi connectivity index (χ4v) is 4.66. The van der Waals surface area contributed by atoms with Gasteiger partial charge in [-0.3, -0.25) is 0 Å². The van der Waals surface area contributed by atoms with Crippen LogP contribution in [0.1, 0.15) is 0 Å². The average molecular weight is 1330 g/mol. The summed E-state index contributed by atoms with van der Waals surface area (Å²) in [5, 5.41) is 0. The highest BCUT2D eigenvalue weighted by atomic mass is 19.5. The first-order valence-corrected chi connectivity index (χ1v) is 16.7. The monoisotopic (exact) mass is 1330 g/mol. The first-order valence-electron chi connectivity index (χ1n) is 16.7. The van der Waals surface area contributed by atoms with Crippen molar-refractivity contribution < 1.29 is 228 Å². The molecule has 0 aliphatic rings. The normalized spacial score (nSPS) is 17.6. The third-order valence-corrected chi connectivity index (χ3v) is 9.40. The van der Waals surface area contributed by atoms with E-state index in [1.807, 2.05) is 0 Å². The molecule has 0 bridgehead atoms. The van der Waals surface area contributed by atoms with Crippen molar-refractivity contribution in [1.29, 1.82) is 0 Å². The van der Waals surface area contributed by atoms with Gasteiger partial charge in [-0.2, -0.15) is 228 Å². The van der Waals surface area contributed by atoms with Gasteiger partial charge in [0.25, 0.3) is 0 Å². The van der Waals surface area contributed by atoms with Crippen LogP contribution in [0.4, 0.5) is 228 Å². The molecule has 0 radical (unpaired) electrons. The van der Waals surface area contributed by atoms with Gasteiger partial charge < -0.3 is 0 Å². The Morgan fingerprint density at radius 1 is 0.138 bits per heavy atom. The van der Waals surface area contributed by atoms with Gasteiger partial charge in [-0.1, -0.05) is 0 Å². The maximum Gasteiger partial charge on any atom is 0.460 e. The summed E-state index contributed by atoms with van der Waals surface area (Å²) in [4.78, 5) is 0. The highest BCUT2D eigenvalue weighted by Gasteiger charge is 2.96. The topological polar surface area (TPSA) is 0 Å². The van der Waals surface area contributed by atoms with Crippen LogP contribution >= 0.6 is 0 Å². The molecule has 0 aromatic carbocycles. The second-order valence-corrected chi connectivity index (χ2v) is 14.7. The zero-order valence-corrected chi connectivity index (χ0v) is 33.8. The Morgan fingerprint density at radius 2 is 0.250 bits per heavy atom. The molecule has 478 valence electrons. The lowest BCUT2D eigenvalue weighted by Crippen LogP contribution is -2.72. The molecule has 0 saturated carbocycles. The first kappa shape index (κ1) is 75.8. The van der Waals surface area contributed by atoms with Gasteiger partial charge in [0.15, 0.2) is 0 Å². The molecule has 0 heterocycles. The van der Waals surface area contributed by atoms with Gasteiger partial charge in [0.05, 0.1) is 0 Å². The summed E-state index contributed by atoms with van der Waals surface area (Å²) >= 11 is 0. The lowest BCUT2D eigenvalue weighted by molar-refractivity contribution is -0.440. The number of allylic oxidation sites excluding steroid dienone is 4. The van der Waals surface area contributed by atoms with Gasteiger partial charge in [0, 0.05) is 23.3 Å². The lowest BCUT2D eigenvalue weighted by Gasteiger charge is -2.44. The molecular weight excluding hydrogens is 1320 g/mol. The summed E-state index contributed by atoms with van der Waals surface area (Å²) in [6.45, 7) is 0. The van der Waals surface area contributed by atoms with E-state index in [2.05, 4.69) is 0 Å². The van der Waals surface area contributed by atoms with E-state index in [1.165, 1.54) is 0 Å². The van der Waals surface area contributed by atoms with E-state index in [0.717, 1.165) is 0 Å². The van der Waals surface area contributed by atoms with Crippen molar-refractivity contribution in [3.05, 3.63) is 23.3 Å². The Balaban J connectivity index is 10.9. The molecular formula is C28H2F52. The van der Waals surface area contributed by atoms with E-state index in [4.69, 9.17) is 0 Å². The maximum absolute atomic E-state index is 15.5. The standard InChI is InChI=1S/C28H2F52/c29-5(30,9(37,38)13(45,46)17(53,54)21(61,62)25(69,70)71)1-3(7(33,34)11(41,42)15(49,50)19(57,58)23(65,66)27(75,76)77)4(8(35,36)12(43,44)16(51,52)20(59,60)24(67,68)28(78,79)80)2-6(31,32)10(39,40)14(47,48)18(55,56)22(63,64)26(72,73)74/h1-2H/b3-1-,4-2-. The minimum atomic E-state index is -10.9. The Morgan fingerprint density at radius 3 is 0.375 bits per heavy atom. The fraction of sp³-hybridized carbons (Fsp3) is 0.857. The van der Waals surface area contributed by atoms with Crippen molar-refractivity contribution in [1.82, 2.24) is 0 Å². The van der Waals surface area contributed by atoms with Crippen LogP contribution in [-0.2, 0) is 0 Å². The van der Waals surface area contributed by atoms with Crippen LogP contribution < -0.4 is 0 Å². The Hall–Kier alpha value is -4.16. The maximum atomic E-state index is 15.5. The summed E-state index contributed by atoms with van der Waals surface area (Å²) in [7, 11) is 0. The van der Waals surface area contributed by atoms with Crippen molar-refractivity contribution in [3.63, 3.8) is 0 Å². The number of hydrogen-bond acceptors (Lipinski definition) is 0. The van der Waals surface area contributed by atoms with E-state index < -0.39 is 166 Å². The van der Waals surface area contributed by atoms with Crippen LogP contribution in [0.25, 0.3) is 0 Å². The van der Waals surface area contributed by atoms with Crippen molar-refractivity contribution in [2.75, 3.05) is 0 Å². The number of halogens is 52. The van der Waals surface area contributed by atoms with Crippen LogP contribution in [0.5, 0.6) is 0 Å². The van der Waals surface area contributed by atoms with Crippen LogP contribution in [0, 0.1) is 0 Å². The number of rotatable bonds is 21. The van der Waals surface area contributed by atoms with Gasteiger partial charge >= 0.3 is 143 Å². The summed E-state index contributed by atoms with van der Waals surface area (Å²) < 4.78 is 721. The molecule has 0 amide bonds. The second kappa shape index (κ2) is 18.7. The minimum Gasteiger partial charge on any atom is -0.195 e. The SMILES string of the molecule is FC(F)(F)C(F)(F)C(F)(F)C(F)(F)C(F)(F)C(F)(F)/C=C(/C(=C/C(F)(F)C(F)(F)C(F)(F)C(F)(F)C(F)(F)C(F)(F)F)C(F)(F)C(F)(F)C(F)(F)C(F)(F)C(F)(F)C(F)(F)F)C(F)(F)C(F)(F)C(F)(F)C(F)(F)C(F)(F)C(F)(F)F. The summed E-state index contributed by atoms with van der Waals surface area (Å²) in [5.74, 6) is -205. The van der Waals surface area contributed by atoms with Gasteiger partial charge in [-0.15, -0.1) is 0 Å².